The van der Waals surface area contributed by atoms with Gasteiger partial charge in [-0.3, -0.25) is 0 Å². The second-order valence-electron chi connectivity index (χ2n) is 21.8. The van der Waals surface area contributed by atoms with E-state index in [4.69, 9.17) is 0 Å². The molecule has 0 atom stereocenters. The number of nitrogens with zero attached hydrogens (tertiary/aromatic N) is 2. The molecule has 6 aromatic carbocycles. The molecule has 0 N–H and O–H groups in total. The summed E-state index contributed by atoms with van der Waals surface area (Å²) in [5, 5.41) is 1.40. The number of hydrogen-bond donors (Lipinski definition) is 0. The minimum absolute atomic E-state index is 0.0939. The maximum absolute atomic E-state index is 2.73. The van der Waals surface area contributed by atoms with Crippen LogP contribution < -0.4 is 25.5 Å². The van der Waals surface area contributed by atoms with Crippen LogP contribution >= 0.6 is 11.3 Å². The number of rotatable bonds is 15. The topological polar surface area (TPSA) is 6.48 Å². The molecule has 4 heteroatoms. The maximum Gasteiger partial charge on any atom is 0.264 e. The smallest absolute Gasteiger partial charge is 0.264 e. The van der Waals surface area contributed by atoms with Crippen LogP contribution in [0.15, 0.2) is 109 Å². The Hall–Kier alpha value is -5.06. The zero-order valence-electron chi connectivity index (χ0n) is 42.2. The Bertz CT molecular complexity index is 2950. The highest BCUT2D eigenvalue weighted by Gasteiger charge is 2.46. The van der Waals surface area contributed by atoms with E-state index >= 15 is 0 Å². The minimum Gasteiger partial charge on any atom is -0.311 e. The largest absolute Gasteiger partial charge is 0.311 e. The zero-order chi connectivity index (χ0) is 46.6. The number of anilines is 6. The molecule has 10 rings (SSSR count). The highest BCUT2D eigenvalue weighted by atomic mass is 32.1. The predicted molar refractivity (Wildman–Crippen MR) is 296 cm³/mol. The molecule has 0 saturated heterocycles. The summed E-state index contributed by atoms with van der Waals surface area (Å²) in [4.78, 5) is 5.41. The Labute approximate surface area is 407 Å². The van der Waals surface area contributed by atoms with Gasteiger partial charge < -0.3 is 9.80 Å². The van der Waals surface area contributed by atoms with E-state index in [0.29, 0.717) is 0 Å². The predicted octanol–water partition coefficient (Wildman–Crippen LogP) is 16.7. The fraction of sp³-hybridized carbons (Fsp3) is 0.397. The molecule has 3 heterocycles. The molecule has 0 spiro atoms. The third kappa shape index (κ3) is 8.28. The zero-order valence-corrected chi connectivity index (χ0v) is 43.0. The molecule has 0 saturated carbocycles. The van der Waals surface area contributed by atoms with Gasteiger partial charge in [0.2, 0.25) is 0 Å². The molecule has 3 aliphatic rings. The van der Waals surface area contributed by atoms with Crippen LogP contribution in [0, 0.1) is 6.92 Å². The summed E-state index contributed by atoms with van der Waals surface area (Å²) in [7, 11) is 0. The summed E-state index contributed by atoms with van der Waals surface area (Å²) < 4.78 is 2.86. The molecule has 1 aromatic heterocycles. The molecule has 0 amide bonds. The molecule has 0 unspecified atom stereocenters. The second-order valence-corrected chi connectivity index (χ2v) is 22.9. The average Bonchev–Trinajstić information content (AvgIpc) is 3.71. The van der Waals surface area contributed by atoms with Gasteiger partial charge in [0.05, 0.1) is 11.4 Å². The van der Waals surface area contributed by atoms with Crippen molar-refractivity contribution in [3.8, 4) is 11.1 Å². The Kier molecular flexibility index (Phi) is 12.6. The molecule has 0 bridgehead atoms. The molecule has 2 aliphatic heterocycles. The number of hydrogen-bond acceptors (Lipinski definition) is 3. The fourth-order valence-corrected chi connectivity index (χ4v) is 13.1. The van der Waals surface area contributed by atoms with Crippen molar-refractivity contribution in [3.05, 3.63) is 148 Å². The van der Waals surface area contributed by atoms with Gasteiger partial charge in [-0.1, -0.05) is 136 Å². The van der Waals surface area contributed by atoms with Crippen LogP contribution in [-0.2, 0) is 36.5 Å². The van der Waals surface area contributed by atoms with Crippen LogP contribution in [0.2, 0.25) is 0 Å². The highest BCUT2D eigenvalue weighted by molar-refractivity contribution is 7.33. The van der Waals surface area contributed by atoms with Crippen LogP contribution in [0.3, 0.4) is 0 Å². The van der Waals surface area contributed by atoms with E-state index < -0.39 is 0 Å². The van der Waals surface area contributed by atoms with Crippen LogP contribution in [0.25, 0.3) is 21.2 Å². The summed E-state index contributed by atoms with van der Waals surface area (Å²) in [5.41, 5.74) is 23.7. The van der Waals surface area contributed by atoms with Crippen molar-refractivity contribution in [2.24, 2.45) is 0 Å². The quantitative estimate of drug-likeness (QED) is 0.0946. The van der Waals surface area contributed by atoms with Gasteiger partial charge in [0.25, 0.3) is 6.71 Å². The monoisotopic (exact) mass is 901 g/mol. The van der Waals surface area contributed by atoms with Crippen molar-refractivity contribution in [2.45, 2.75) is 163 Å². The summed E-state index contributed by atoms with van der Waals surface area (Å²) in [6.45, 7) is 21.5. The van der Waals surface area contributed by atoms with Crippen molar-refractivity contribution in [1.82, 2.24) is 0 Å². The van der Waals surface area contributed by atoms with Gasteiger partial charge in [0, 0.05) is 43.2 Å². The van der Waals surface area contributed by atoms with E-state index in [2.05, 4.69) is 181 Å². The summed E-state index contributed by atoms with van der Waals surface area (Å²) >= 11 is 2.04. The van der Waals surface area contributed by atoms with E-state index in [-0.39, 0.29) is 17.5 Å². The van der Waals surface area contributed by atoms with E-state index in [9.17, 15) is 0 Å². The first-order chi connectivity index (χ1) is 32.4. The van der Waals surface area contributed by atoms with Gasteiger partial charge in [0.15, 0.2) is 0 Å². The van der Waals surface area contributed by atoms with Gasteiger partial charge in [-0.2, -0.15) is 0 Å². The van der Waals surface area contributed by atoms with E-state index in [1.54, 1.807) is 0 Å². The average molecular weight is 901 g/mol. The van der Waals surface area contributed by atoms with Crippen LogP contribution in [0.4, 0.5) is 34.1 Å². The molecule has 0 fully saturated rings. The van der Waals surface area contributed by atoms with E-state index in [0.717, 1.165) is 25.7 Å². The van der Waals surface area contributed by atoms with Gasteiger partial charge in [0.1, 0.15) is 0 Å². The first-order valence-electron chi connectivity index (χ1n) is 26.2. The number of thiophene rings is 1. The molecular formula is C63H73BN2S. The summed E-state index contributed by atoms with van der Waals surface area (Å²) in [5.74, 6) is 0. The molecular weight excluding hydrogens is 828 g/mol. The Morgan fingerprint density at radius 3 is 1.73 bits per heavy atom. The third-order valence-corrected chi connectivity index (χ3v) is 17.1. The first kappa shape index (κ1) is 45.7. The summed E-state index contributed by atoms with van der Waals surface area (Å²) in [6, 6.07) is 44.6. The first-order valence-corrected chi connectivity index (χ1v) is 27.1. The molecule has 1 aliphatic carbocycles. The van der Waals surface area contributed by atoms with Gasteiger partial charge >= 0.3 is 0 Å². The lowest BCUT2D eigenvalue weighted by molar-refractivity contribution is 0.332. The summed E-state index contributed by atoms with van der Waals surface area (Å²) in [6.07, 6.45) is 16.5. The lowest BCUT2D eigenvalue weighted by atomic mass is 9.36. The Morgan fingerprint density at radius 1 is 0.522 bits per heavy atom. The van der Waals surface area contributed by atoms with Crippen molar-refractivity contribution >= 4 is 78.0 Å². The number of benzene rings is 6. The van der Waals surface area contributed by atoms with E-state index in [1.807, 2.05) is 11.3 Å². The van der Waals surface area contributed by atoms with Crippen molar-refractivity contribution in [3.63, 3.8) is 0 Å². The normalized spacial score (nSPS) is 15.4. The maximum atomic E-state index is 2.73. The number of unbranched alkanes of at least 4 members (excludes halogenated alkanes) is 4. The molecule has 7 aromatic rings. The Balaban J connectivity index is 1.26. The molecule has 67 heavy (non-hydrogen) atoms. The van der Waals surface area contributed by atoms with Gasteiger partial charge in [-0.25, -0.2) is 0 Å². The van der Waals surface area contributed by atoms with Crippen molar-refractivity contribution in [1.29, 1.82) is 0 Å². The third-order valence-electron chi connectivity index (χ3n) is 15.9. The van der Waals surface area contributed by atoms with Crippen molar-refractivity contribution < 1.29 is 0 Å². The number of aryl methyl sites for hydroxylation is 5. The van der Waals surface area contributed by atoms with E-state index in [1.165, 1.54) is 174 Å². The molecule has 344 valence electrons. The fourth-order valence-electron chi connectivity index (χ4n) is 11.8. The van der Waals surface area contributed by atoms with Crippen LogP contribution in [0.5, 0.6) is 0 Å². The van der Waals surface area contributed by atoms with Crippen LogP contribution in [0.1, 0.15) is 159 Å². The lowest BCUT2D eigenvalue weighted by Crippen LogP contribution is -2.60. The Morgan fingerprint density at radius 2 is 1.07 bits per heavy atom. The second kappa shape index (κ2) is 18.5. The van der Waals surface area contributed by atoms with Crippen molar-refractivity contribution in [2.75, 3.05) is 9.80 Å². The molecule has 2 nitrogen and oxygen atoms in total. The highest BCUT2D eigenvalue weighted by Crippen LogP contribution is 2.52. The standard InChI is InChI=1S/C63H73BN2S/c1-10-14-18-43-22-27-47(28-23-43)49-38-44(19-15-11-2)24-31-54(49)66-55-32-25-46(21-17-13-4)40-53(55)64-59-56(36-42(5)37-57(59)66)65(48-29-30-51-52(41-48)63(8,9)35-34-62(51,6)7)60-50-39-45(20-16-12-3)26-33-58(50)67-61(60)64/h22-33,36-41H,10-21,34-35H2,1-9H3. The van der Waals surface area contributed by atoms with Gasteiger partial charge in [-0.15, -0.1) is 11.3 Å². The lowest BCUT2D eigenvalue weighted by Gasteiger charge is -2.45. The minimum atomic E-state index is 0.0939. The number of fused-ring (bicyclic) bond motifs is 7. The van der Waals surface area contributed by atoms with Gasteiger partial charge in [-0.05, 0) is 192 Å². The van der Waals surface area contributed by atoms with Crippen LogP contribution in [-0.4, -0.2) is 6.71 Å². The molecule has 0 radical (unpaired) electrons. The SMILES string of the molecule is CCCCc1ccc(-c2cc(CCCC)ccc2N2c3ccc(CCCC)cc3B3c4sc5ccc(CCCC)cc5c4N(c4ccc5c(c4)C(C)(C)CCC5(C)C)c4cc(C)cc2c43)cc1.